The van der Waals surface area contributed by atoms with Crippen molar-refractivity contribution in [3.8, 4) is 0 Å². The van der Waals surface area contributed by atoms with Crippen LogP contribution in [0.4, 0.5) is 0 Å². The van der Waals surface area contributed by atoms with Gasteiger partial charge in [-0.25, -0.2) is 0 Å². The Labute approximate surface area is 86.5 Å². The molecule has 1 aliphatic rings. The minimum Gasteiger partial charge on any atom is -0.130 e. The number of hydrogen-bond donors (Lipinski definition) is 0. The third-order valence-electron chi connectivity index (χ3n) is 2.96. The van der Waals surface area contributed by atoms with E-state index in [9.17, 15) is 0 Å². The molecule has 0 spiro atoms. The summed E-state index contributed by atoms with van der Waals surface area (Å²) >= 11 is 1.92. The Bertz CT molecular complexity index is 205. The molecule has 0 aliphatic carbocycles. The van der Waals surface area contributed by atoms with Gasteiger partial charge in [0.25, 0.3) is 0 Å². The van der Waals surface area contributed by atoms with E-state index in [2.05, 4.69) is 27.0 Å². The molecule has 1 aliphatic heterocycles. The third kappa shape index (κ3) is 2.63. The van der Waals surface area contributed by atoms with Crippen LogP contribution in [0, 0.1) is 5.41 Å². The lowest BCUT2D eigenvalue weighted by molar-refractivity contribution is 0.399. The molecule has 0 amide bonds. The van der Waals surface area contributed by atoms with Crippen LogP contribution < -0.4 is 0 Å². The molecule has 0 saturated carbocycles. The van der Waals surface area contributed by atoms with Crippen molar-refractivity contribution < 1.29 is 0 Å². The van der Waals surface area contributed by atoms with Crippen molar-refractivity contribution in [2.75, 3.05) is 5.75 Å². The van der Waals surface area contributed by atoms with Gasteiger partial charge in [-0.05, 0) is 29.6 Å². The molecule has 1 atom stereocenters. The fourth-order valence-corrected chi connectivity index (χ4v) is 2.82. The summed E-state index contributed by atoms with van der Waals surface area (Å²) in [6, 6.07) is 0. The molecule has 1 rings (SSSR count). The van der Waals surface area contributed by atoms with Crippen LogP contribution in [0.2, 0.25) is 0 Å². The number of thioether (sulfide) groups is 1. The normalized spacial score (nSPS) is 28.9. The van der Waals surface area contributed by atoms with E-state index in [1.807, 2.05) is 11.8 Å². The number of allylic oxidation sites excluding steroid dienone is 2. The fourth-order valence-electron chi connectivity index (χ4n) is 1.70. The molecular weight excluding hydrogens is 176 g/mol. The maximum atomic E-state index is 4.22. The van der Waals surface area contributed by atoms with Crippen LogP contribution in [-0.2, 0) is 0 Å². The number of rotatable bonds is 3. The van der Waals surface area contributed by atoms with E-state index in [1.165, 1.54) is 41.9 Å². The van der Waals surface area contributed by atoms with Gasteiger partial charge in [-0.1, -0.05) is 39.0 Å². The van der Waals surface area contributed by atoms with Crippen molar-refractivity contribution >= 4 is 11.8 Å². The van der Waals surface area contributed by atoms with Gasteiger partial charge in [0.05, 0.1) is 0 Å². The Kier molecular flexibility index (Phi) is 3.66. The zero-order chi connectivity index (χ0) is 9.90. The topological polar surface area (TPSA) is 0 Å². The van der Waals surface area contributed by atoms with E-state index in [1.54, 1.807) is 0 Å². The third-order valence-corrected chi connectivity index (χ3v) is 4.35. The maximum Gasteiger partial charge on any atom is 0.00680 e. The fraction of sp³-hybridized carbons (Fsp3) is 0.667. The SMILES string of the molecule is C=C1CCC(C)(C(=C)CCC)CS1. The standard InChI is InChI=1S/C12H20S/c1-5-6-10(2)12(4)8-7-11(3)13-9-12/h2-3,5-9H2,1,4H3. The van der Waals surface area contributed by atoms with Gasteiger partial charge < -0.3 is 0 Å². The predicted octanol–water partition coefficient (Wildman–Crippen LogP) is 4.39. The largest absolute Gasteiger partial charge is 0.130 e. The van der Waals surface area contributed by atoms with Gasteiger partial charge in [-0.15, -0.1) is 11.8 Å². The second kappa shape index (κ2) is 4.36. The second-order valence-electron chi connectivity index (χ2n) is 4.24. The van der Waals surface area contributed by atoms with Crippen molar-refractivity contribution in [3.05, 3.63) is 23.6 Å². The zero-order valence-electron chi connectivity index (χ0n) is 8.86. The summed E-state index contributed by atoms with van der Waals surface area (Å²) in [5.74, 6) is 1.19. The minimum absolute atomic E-state index is 0.377. The lowest BCUT2D eigenvalue weighted by atomic mass is 9.78. The lowest BCUT2D eigenvalue weighted by Crippen LogP contribution is -2.25. The molecule has 1 heterocycles. The van der Waals surface area contributed by atoms with Crippen LogP contribution in [0.5, 0.6) is 0 Å². The summed E-state index contributed by atoms with van der Waals surface area (Å²) in [5.41, 5.74) is 1.82. The van der Waals surface area contributed by atoms with E-state index < -0.39 is 0 Å². The average molecular weight is 196 g/mol. The van der Waals surface area contributed by atoms with Crippen molar-refractivity contribution in [3.63, 3.8) is 0 Å². The van der Waals surface area contributed by atoms with Gasteiger partial charge in [0.15, 0.2) is 0 Å². The van der Waals surface area contributed by atoms with E-state index in [4.69, 9.17) is 0 Å². The minimum atomic E-state index is 0.377. The Morgan fingerprint density at radius 1 is 1.62 bits per heavy atom. The molecule has 0 N–H and O–H groups in total. The molecule has 0 aromatic carbocycles. The van der Waals surface area contributed by atoms with E-state index in [-0.39, 0.29) is 0 Å². The smallest absolute Gasteiger partial charge is 0.00680 e. The second-order valence-corrected chi connectivity index (χ2v) is 5.40. The Balaban J connectivity index is 2.56. The summed E-state index contributed by atoms with van der Waals surface area (Å²) in [6.45, 7) is 12.8. The molecule has 0 radical (unpaired) electrons. The maximum absolute atomic E-state index is 4.22. The molecule has 0 aromatic heterocycles. The van der Waals surface area contributed by atoms with Gasteiger partial charge >= 0.3 is 0 Å². The van der Waals surface area contributed by atoms with Crippen LogP contribution in [0.1, 0.15) is 39.5 Å². The first kappa shape index (κ1) is 10.9. The Hall–Kier alpha value is -0.170. The number of hydrogen-bond acceptors (Lipinski definition) is 1. The highest BCUT2D eigenvalue weighted by Gasteiger charge is 2.30. The summed E-state index contributed by atoms with van der Waals surface area (Å²) in [5, 5.41) is 0. The predicted molar refractivity (Wildman–Crippen MR) is 63.0 cm³/mol. The van der Waals surface area contributed by atoms with Crippen LogP contribution >= 0.6 is 11.8 Å². The van der Waals surface area contributed by atoms with E-state index in [0.717, 1.165) is 0 Å². The van der Waals surface area contributed by atoms with Gasteiger partial charge in [0.2, 0.25) is 0 Å². The molecule has 74 valence electrons. The highest BCUT2D eigenvalue weighted by atomic mass is 32.2. The first-order valence-electron chi connectivity index (χ1n) is 5.07. The molecule has 0 aromatic rings. The molecule has 0 bridgehead atoms. The van der Waals surface area contributed by atoms with Gasteiger partial charge in [-0.2, -0.15) is 0 Å². The van der Waals surface area contributed by atoms with Gasteiger partial charge in [0, 0.05) is 5.75 Å². The van der Waals surface area contributed by atoms with Crippen molar-refractivity contribution in [1.29, 1.82) is 0 Å². The van der Waals surface area contributed by atoms with Gasteiger partial charge in [0.1, 0.15) is 0 Å². The van der Waals surface area contributed by atoms with Crippen LogP contribution in [0.25, 0.3) is 0 Å². The molecule has 1 heteroatoms. The molecule has 1 unspecified atom stereocenters. The zero-order valence-corrected chi connectivity index (χ0v) is 9.67. The van der Waals surface area contributed by atoms with E-state index >= 15 is 0 Å². The molecule has 0 nitrogen and oxygen atoms in total. The lowest BCUT2D eigenvalue weighted by Gasteiger charge is -2.36. The molecule has 1 saturated heterocycles. The van der Waals surface area contributed by atoms with Gasteiger partial charge in [-0.3, -0.25) is 0 Å². The molecular formula is C12H20S. The average Bonchev–Trinajstić information content (AvgIpc) is 2.11. The summed E-state index contributed by atoms with van der Waals surface area (Å²) in [6.07, 6.45) is 4.82. The quantitative estimate of drug-likeness (QED) is 0.603. The van der Waals surface area contributed by atoms with Crippen molar-refractivity contribution in [1.82, 2.24) is 0 Å². The first-order chi connectivity index (χ1) is 6.08. The van der Waals surface area contributed by atoms with Crippen molar-refractivity contribution in [2.45, 2.75) is 39.5 Å². The monoisotopic (exact) mass is 196 g/mol. The summed E-state index contributed by atoms with van der Waals surface area (Å²) < 4.78 is 0. The summed E-state index contributed by atoms with van der Waals surface area (Å²) in [7, 11) is 0. The molecule has 13 heavy (non-hydrogen) atoms. The van der Waals surface area contributed by atoms with Crippen molar-refractivity contribution in [2.24, 2.45) is 5.41 Å². The highest BCUT2D eigenvalue weighted by Crippen LogP contribution is 2.44. The Morgan fingerprint density at radius 2 is 2.31 bits per heavy atom. The first-order valence-corrected chi connectivity index (χ1v) is 6.06. The highest BCUT2D eigenvalue weighted by molar-refractivity contribution is 8.03. The van der Waals surface area contributed by atoms with Crippen LogP contribution in [0.3, 0.4) is 0 Å². The molecule has 1 fully saturated rings. The van der Waals surface area contributed by atoms with Crippen LogP contribution in [-0.4, -0.2) is 5.75 Å². The summed E-state index contributed by atoms with van der Waals surface area (Å²) in [4.78, 5) is 1.35. The van der Waals surface area contributed by atoms with Crippen LogP contribution in [0.15, 0.2) is 23.6 Å². The van der Waals surface area contributed by atoms with E-state index in [0.29, 0.717) is 5.41 Å². The Morgan fingerprint density at radius 3 is 2.77 bits per heavy atom.